The molecule has 1 aromatic carbocycles. The molecule has 5 rings (SSSR count). The van der Waals surface area contributed by atoms with Crippen LogP contribution in [0.1, 0.15) is 26.2 Å². The lowest BCUT2D eigenvalue weighted by Crippen LogP contribution is -2.53. The molecule has 1 aromatic rings. The smallest absolute Gasteiger partial charge is 0.258 e. The third kappa shape index (κ3) is 3.94. The van der Waals surface area contributed by atoms with Gasteiger partial charge in [-0.25, -0.2) is 4.39 Å². The maximum absolute atomic E-state index is 13.4. The third-order valence-corrected chi connectivity index (χ3v) is 6.04. The summed E-state index contributed by atoms with van der Waals surface area (Å²) in [6.45, 7) is 2.17. The van der Waals surface area contributed by atoms with Crippen LogP contribution in [0.3, 0.4) is 0 Å². The number of carbonyl (C=O) groups is 2. The van der Waals surface area contributed by atoms with Crippen molar-refractivity contribution in [1.82, 2.24) is 16.0 Å². The van der Waals surface area contributed by atoms with E-state index in [9.17, 15) is 14.0 Å². The molecule has 7 nitrogen and oxygen atoms in total. The average Bonchev–Trinajstić information content (AvgIpc) is 3.28. The summed E-state index contributed by atoms with van der Waals surface area (Å²) in [6.07, 6.45) is 1.78. The number of ether oxygens (including phenoxy) is 2. The molecule has 3 saturated carbocycles. The van der Waals surface area contributed by atoms with Crippen molar-refractivity contribution in [2.75, 3.05) is 13.2 Å². The number of nitrogens with one attached hydrogen (secondary N) is 3. The van der Waals surface area contributed by atoms with Gasteiger partial charge in [-0.15, -0.1) is 0 Å². The maximum Gasteiger partial charge on any atom is 0.258 e. The van der Waals surface area contributed by atoms with Crippen molar-refractivity contribution in [2.24, 2.45) is 5.92 Å². The van der Waals surface area contributed by atoms with Gasteiger partial charge in [0.2, 0.25) is 0 Å². The van der Waals surface area contributed by atoms with Crippen molar-refractivity contribution in [2.45, 2.75) is 50.1 Å². The number of rotatable bonds is 6. The Balaban J connectivity index is 1.24. The van der Waals surface area contributed by atoms with E-state index in [0.717, 1.165) is 18.9 Å². The minimum absolute atomic E-state index is 0.00323. The summed E-state index contributed by atoms with van der Waals surface area (Å²) < 4.78 is 24.3. The van der Waals surface area contributed by atoms with Gasteiger partial charge < -0.3 is 20.1 Å². The van der Waals surface area contributed by atoms with Gasteiger partial charge in [0.15, 0.2) is 12.7 Å². The van der Waals surface area contributed by atoms with Crippen LogP contribution in [0.4, 0.5) is 4.39 Å². The lowest BCUT2D eigenvalue weighted by Gasteiger charge is -2.39. The Morgan fingerprint density at radius 1 is 1.39 bits per heavy atom. The van der Waals surface area contributed by atoms with E-state index in [0.29, 0.717) is 18.9 Å². The van der Waals surface area contributed by atoms with Crippen molar-refractivity contribution in [3.8, 4) is 5.75 Å². The molecule has 2 amide bonds. The van der Waals surface area contributed by atoms with Crippen LogP contribution in [0.15, 0.2) is 18.2 Å². The highest BCUT2D eigenvalue weighted by Crippen LogP contribution is 2.52. The predicted octanol–water partition coefficient (Wildman–Crippen LogP) is 1.35. The second-order valence-corrected chi connectivity index (χ2v) is 8.26. The monoisotopic (exact) mass is 411 g/mol. The van der Waals surface area contributed by atoms with Gasteiger partial charge in [-0.05, 0) is 44.2 Å². The quantitative estimate of drug-likeness (QED) is 0.657. The summed E-state index contributed by atoms with van der Waals surface area (Å²) in [5.74, 6) is -0.355. The van der Waals surface area contributed by atoms with Gasteiger partial charge in [0.1, 0.15) is 17.8 Å². The zero-order valence-corrected chi connectivity index (χ0v) is 16.2. The fourth-order valence-electron chi connectivity index (χ4n) is 4.40. The van der Waals surface area contributed by atoms with Crippen molar-refractivity contribution >= 4 is 23.4 Å². The van der Waals surface area contributed by atoms with Gasteiger partial charge in [-0.1, -0.05) is 11.6 Å². The molecule has 3 unspecified atom stereocenters. The largest absolute Gasteiger partial charge is 0.484 e. The molecule has 9 heteroatoms. The second kappa shape index (κ2) is 7.50. The Labute approximate surface area is 167 Å². The van der Waals surface area contributed by atoms with Crippen LogP contribution in [-0.2, 0) is 14.3 Å². The second-order valence-electron chi connectivity index (χ2n) is 7.86. The third-order valence-electron chi connectivity index (χ3n) is 5.73. The standard InChI is InChI=1S/C19H23ClFN3O4/c1-10-22-8-16(28-10)18(26)23-15-7-19(5-11(15)6-19)24-17(25)9-27-12-2-3-13(20)14(21)4-12/h2-4,10-11,15-16,22H,5-9H2,1H3,(H,23,26)(H,24,25). The summed E-state index contributed by atoms with van der Waals surface area (Å²) in [6, 6.07) is 4.08. The first-order valence-electron chi connectivity index (χ1n) is 9.42. The fraction of sp³-hybridized carbons (Fsp3) is 0.579. The van der Waals surface area contributed by atoms with Gasteiger partial charge in [0.05, 0.1) is 5.02 Å². The number of amides is 2. The van der Waals surface area contributed by atoms with Crippen molar-refractivity contribution < 1.29 is 23.5 Å². The summed E-state index contributed by atoms with van der Waals surface area (Å²) in [5.41, 5.74) is -0.295. The first kappa shape index (κ1) is 19.4. The molecule has 1 heterocycles. The number of fused-ring (bicyclic) bond motifs is 1. The molecule has 0 radical (unpaired) electrons. The molecule has 0 aromatic heterocycles. The van der Waals surface area contributed by atoms with Crippen LogP contribution < -0.4 is 20.7 Å². The minimum atomic E-state index is -0.592. The van der Waals surface area contributed by atoms with Crippen molar-refractivity contribution in [3.05, 3.63) is 29.0 Å². The molecule has 1 saturated heterocycles. The lowest BCUT2D eigenvalue weighted by atomic mass is 9.76. The van der Waals surface area contributed by atoms with Crippen LogP contribution in [0, 0.1) is 11.7 Å². The van der Waals surface area contributed by atoms with Gasteiger partial charge in [-0.2, -0.15) is 0 Å². The average molecular weight is 412 g/mol. The van der Waals surface area contributed by atoms with Crippen LogP contribution in [-0.4, -0.2) is 48.9 Å². The molecule has 28 heavy (non-hydrogen) atoms. The van der Waals surface area contributed by atoms with Gasteiger partial charge in [-0.3, -0.25) is 14.9 Å². The van der Waals surface area contributed by atoms with E-state index in [-0.39, 0.29) is 47.0 Å². The highest BCUT2D eigenvalue weighted by molar-refractivity contribution is 6.30. The van der Waals surface area contributed by atoms with E-state index in [1.165, 1.54) is 12.1 Å². The molecular formula is C19H23ClFN3O4. The summed E-state index contributed by atoms with van der Waals surface area (Å²) in [4.78, 5) is 24.6. The van der Waals surface area contributed by atoms with Gasteiger partial charge in [0, 0.05) is 24.2 Å². The minimum Gasteiger partial charge on any atom is -0.484 e. The normalized spacial score (nSPS) is 33.2. The molecule has 0 spiro atoms. The lowest BCUT2D eigenvalue weighted by molar-refractivity contribution is -0.132. The predicted molar refractivity (Wildman–Crippen MR) is 99.4 cm³/mol. The summed E-state index contributed by atoms with van der Waals surface area (Å²) >= 11 is 5.63. The first-order chi connectivity index (χ1) is 13.3. The molecular weight excluding hydrogens is 389 g/mol. The van der Waals surface area contributed by atoms with Crippen molar-refractivity contribution in [1.29, 1.82) is 0 Å². The van der Waals surface area contributed by atoms with Gasteiger partial charge in [0.25, 0.3) is 11.8 Å². The van der Waals surface area contributed by atoms with E-state index in [1.54, 1.807) is 0 Å². The molecule has 4 fully saturated rings. The SMILES string of the molecule is CC1NCC(C(=O)NC2CC3(NC(=O)COc4ccc(Cl)c(F)c4)CC2C3)O1. The van der Waals surface area contributed by atoms with Crippen LogP contribution in [0.25, 0.3) is 0 Å². The van der Waals surface area contributed by atoms with E-state index < -0.39 is 11.9 Å². The molecule has 4 aliphatic rings. The van der Waals surface area contributed by atoms with E-state index >= 15 is 0 Å². The molecule has 152 valence electrons. The highest BCUT2D eigenvalue weighted by atomic mass is 35.5. The topological polar surface area (TPSA) is 88.7 Å². The van der Waals surface area contributed by atoms with Crippen LogP contribution >= 0.6 is 11.6 Å². The zero-order chi connectivity index (χ0) is 19.9. The maximum atomic E-state index is 13.4. The van der Waals surface area contributed by atoms with Gasteiger partial charge >= 0.3 is 0 Å². The molecule has 3 aliphatic carbocycles. The molecule has 3 atom stereocenters. The summed E-state index contributed by atoms with van der Waals surface area (Å²) in [7, 11) is 0. The Morgan fingerprint density at radius 3 is 2.86 bits per heavy atom. The Morgan fingerprint density at radius 2 is 2.18 bits per heavy atom. The van der Waals surface area contributed by atoms with Crippen molar-refractivity contribution in [3.63, 3.8) is 0 Å². The number of benzene rings is 1. The number of carbonyl (C=O) groups excluding carboxylic acids is 2. The van der Waals surface area contributed by atoms with Crippen LogP contribution in [0.2, 0.25) is 5.02 Å². The van der Waals surface area contributed by atoms with E-state index in [2.05, 4.69) is 16.0 Å². The number of hydrogen-bond acceptors (Lipinski definition) is 5. The molecule has 3 N–H and O–H groups in total. The first-order valence-corrected chi connectivity index (χ1v) is 9.79. The zero-order valence-electron chi connectivity index (χ0n) is 15.5. The number of hydrogen-bond donors (Lipinski definition) is 3. The fourth-order valence-corrected chi connectivity index (χ4v) is 4.52. The molecule has 1 aliphatic heterocycles. The van der Waals surface area contributed by atoms with Crippen LogP contribution in [0.5, 0.6) is 5.75 Å². The number of halogens is 2. The highest BCUT2D eigenvalue weighted by Gasteiger charge is 2.57. The Kier molecular flexibility index (Phi) is 5.20. The Hall–Kier alpha value is -1.90. The van der Waals surface area contributed by atoms with E-state index in [4.69, 9.17) is 21.1 Å². The summed E-state index contributed by atoms with van der Waals surface area (Å²) in [5, 5.41) is 9.16. The Bertz CT molecular complexity index is 786. The van der Waals surface area contributed by atoms with E-state index in [1.807, 2.05) is 6.92 Å². The molecule has 2 bridgehead atoms.